The number of benzene rings is 1. The third-order valence-corrected chi connectivity index (χ3v) is 6.12. The van der Waals surface area contributed by atoms with Crippen LogP contribution in [0.5, 0.6) is 0 Å². The summed E-state index contributed by atoms with van der Waals surface area (Å²) in [4.78, 5) is 15.5. The molecule has 0 radical (unpaired) electrons. The molecule has 1 amide bonds. The summed E-state index contributed by atoms with van der Waals surface area (Å²) in [7, 11) is 0. The molecule has 3 rings (SSSR count). The summed E-state index contributed by atoms with van der Waals surface area (Å²) < 4.78 is 0. The Bertz CT molecular complexity index is 526. The quantitative estimate of drug-likeness (QED) is 0.827. The van der Waals surface area contributed by atoms with E-state index in [1.807, 2.05) is 6.07 Å². The summed E-state index contributed by atoms with van der Waals surface area (Å²) in [5, 5.41) is 3.70. The van der Waals surface area contributed by atoms with Gasteiger partial charge < -0.3 is 10.2 Å². The van der Waals surface area contributed by atoms with Crippen LogP contribution in [-0.2, 0) is 10.2 Å². The molecule has 1 saturated carbocycles. The summed E-state index contributed by atoms with van der Waals surface area (Å²) in [5.41, 5.74) is 0.823. The molecule has 0 spiro atoms. The van der Waals surface area contributed by atoms with Gasteiger partial charge in [0, 0.05) is 19.1 Å². The van der Waals surface area contributed by atoms with Crippen molar-refractivity contribution >= 4 is 5.91 Å². The molecule has 2 fully saturated rings. The molecule has 0 atom stereocenters. The molecule has 1 aliphatic heterocycles. The number of carbonyl (C=O) groups is 1. The van der Waals surface area contributed by atoms with E-state index in [1.54, 1.807) is 0 Å². The molecule has 3 heteroatoms. The maximum atomic E-state index is 13.4. The van der Waals surface area contributed by atoms with Gasteiger partial charge >= 0.3 is 0 Å². The predicted molar refractivity (Wildman–Crippen MR) is 99.0 cm³/mol. The molecule has 1 aromatic rings. The van der Waals surface area contributed by atoms with Crippen molar-refractivity contribution < 1.29 is 4.79 Å². The molecule has 3 nitrogen and oxygen atoms in total. The van der Waals surface area contributed by atoms with Gasteiger partial charge in [0.05, 0.1) is 5.41 Å². The van der Waals surface area contributed by atoms with E-state index in [0.717, 1.165) is 44.7 Å². The second-order valence-corrected chi connectivity index (χ2v) is 7.57. The molecule has 0 bridgehead atoms. The van der Waals surface area contributed by atoms with Crippen molar-refractivity contribution in [2.45, 2.75) is 63.8 Å². The Labute approximate surface area is 146 Å². The molecule has 1 aromatic carbocycles. The molecule has 1 N–H and O–H groups in total. The van der Waals surface area contributed by atoms with Crippen LogP contribution in [0, 0.1) is 5.92 Å². The highest BCUT2D eigenvalue weighted by molar-refractivity contribution is 5.88. The normalized spacial score (nSPS) is 19.5. The van der Waals surface area contributed by atoms with Crippen LogP contribution in [0.1, 0.15) is 57.9 Å². The van der Waals surface area contributed by atoms with E-state index in [4.69, 9.17) is 0 Å². The third-order valence-electron chi connectivity index (χ3n) is 6.12. The average Bonchev–Trinajstić information content (AvgIpc) is 3.47. The average molecular weight is 328 g/mol. The zero-order valence-corrected chi connectivity index (χ0v) is 15.3. The lowest BCUT2D eigenvalue weighted by Crippen LogP contribution is -2.51. The van der Waals surface area contributed by atoms with Crippen molar-refractivity contribution in [3.05, 3.63) is 35.9 Å². The van der Waals surface area contributed by atoms with Gasteiger partial charge in [-0.15, -0.1) is 0 Å². The molecule has 1 heterocycles. The summed E-state index contributed by atoms with van der Waals surface area (Å²) in [5.74, 6) is 1.26. The van der Waals surface area contributed by atoms with Crippen LogP contribution in [-0.4, -0.2) is 36.5 Å². The lowest BCUT2D eigenvalue weighted by molar-refractivity contribution is -0.139. The van der Waals surface area contributed by atoms with E-state index < -0.39 is 0 Å². The Balaban J connectivity index is 1.63. The van der Waals surface area contributed by atoms with Gasteiger partial charge in [0.1, 0.15) is 0 Å². The second-order valence-electron chi connectivity index (χ2n) is 7.57. The Morgan fingerprint density at radius 2 is 1.71 bits per heavy atom. The number of amides is 1. The zero-order chi connectivity index (χ0) is 17.0. The molecule has 132 valence electrons. The highest BCUT2D eigenvalue weighted by Gasteiger charge is 2.40. The minimum Gasteiger partial charge on any atom is -0.342 e. The summed E-state index contributed by atoms with van der Waals surface area (Å²) >= 11 is 0. The second kappa shape index (κ2) is 7.69. The monoisotopic (exact) mass is 328 g/mol. The highest BCUT2D eigenvalue weighted by Crippen LogP contribution is 2.35. The van der Waals surface area contributed by atoms with Crippen LogP contribution in [0.4, 0.5) is 0 Å². The van der Waals surface area contributed by atoms with Crippen LogP contribution in [0.2, 0.25) is 0 Å². The van der Waals surface area contributed by atoms with Crippen LogP contribution in [0.25, 0.3) is 0 Å². The minimum atomic E-state index is -0.352. The number of carbonyl (C=O) groups excluding carboxylic acids is 1. The largest absolute Gasteiger partial charge is 0.342 e. The molecule has 24 heavy (non-hydrogen) atoms. The third kappa shape index (κ3) is 3.66. The molecule has 1 saturated heterocycles. The van der Waals surface area contributed by atoms with E-state index in [-0.39, 0.29) is 5.41 Å². The molecule has 0 aromatic heterocycles. The van der Waals surface area contributed by atoms with Gasteiger partial charge in [0.2, 0.25) is 5.91 Å². The van der Waals surface area contributed by atoms with E-state index in [9.17, 15) is 4.79 Å². The Morgan fingerprint density at radius 1 is 1.08 bits per heavy atom. The van der Waals surface area contributed by atoms with Crippen molar-refractivity contribution in [1.29, 1.82) is 0 Å². The summed E-state index contributed by atoms with van der Waals surface area (Å²) in [6.07, 6.45) is 6.72. The van der Waals surface area contributed by atoms with Gasteiger partial charge in [0.25, 0.3) is 0 Å². The van der Waals surface area contributed by atoms with E-state index in [2.05, 4.69) is 48.3 Å². The first-order chi connectivity index (χ1) is 11.7. The summed E-state index contributed by atoms with van der Waals surface area (Å²) in [6.45, 7) is 7.28. The SMILES string of the molecule is CCC(CC)(C(=O)N1CCC(NCC2CC2)CC1)c1ccccc1. The number of nitrogens with zero attached hydrogens (tertiary/aromatic N) is 1. The Kier molecular flexibility index (Phi) is 5.60. The van der Waals surface area contributed by atoms with Crippen LogP contribution in [0.3, 0.4) is 0 Å². The maximum absolute atomic E-state index is 13.4. The number of piperidine rings is 1. The maximum Gasteiger partial charge on any atom is 0.233 e. The van der Waals surface area contributed by atoms with Gasteiger partial charge in [-0.2, -0.15) is 0 Å². The number of hydrogen-bond acceptors (Lipinski definition) is 2. The first kappa shape index (κ1) is 17.5. The fourth-order valence-corrected chi connectivity index (χ4v) is 4.09. The fourth-order valence-electron chi connectivity index (χ4n) is 4.09. The van der Waals surface area contributed by atoms with Crippen molar-refractivity contribution in [3.8, 4) is 0 Å². The molecule has 0 unspecified atom stereocenters. The predicted octanol–water partition coefficient (Wildman–Crippen LogP) is 3.74. The van der Waals surface area contributed by atoms with Crippen molar-refractivity contribution in [2.24, 2.45) is 5.92 Å². The van der Waals surface area contributed by atoms with Gasteiger partial charge in [-0.3, -0.25) is 4.79 Å². The molecular formula is C21H32N2O. The van der Waals surface area contributed by atoms with Crippen LogP contribution >= 0.6 is 0 Å². The van der Waals surface area contributed by atoms with Crippen molar-refractivity contribution in [3.63, 3.8) is 0 Å². The Morgan fingerprint density at radius 3 is 2.25 bits per heavy atom. The number of likely N-dealkylation sites (tertiary alicyclic amines) is 1. The van der Waals surface area contributed by atoms with Gasteiger partial charge in [0.15, 0.2) is 0 Å². The lowest BCUT2D eigenvalue weighted by Gasteiger charge is -2.40. The van der Waals surface area contributed by atoms with Gasteiger partial charge in [-0.05, 0) is 56.6 Å². The molecule has 1 aliphatic carbocycles. The van der Waals surface area contributed by atoms with Gasteiger partial charge in [-0.1, -0.05) is 44.2 Å². The first-order valence-electron chi connectivity index (χ1n) is 9.78. The van der Waals surface area contributed by atoms with E-state index in [1.165, 1.54) is 24.9 Å². The van der Waals surface area contributed by atoms with Crippen LogP contribution in [0.15, 0.2) is 30.3 Å². The zero-order valence-electron chi connectivity index (χ0n) is 15.3. The Hall–Kier alpha value is -1.35. The standard InChI is InChI=1S/C21H32N2O/c1-3-21(4-2,18-8-6-5-7-9-18)20(24)23-14-12-19(13-15-23)22-16-17-10-11-17/h5-9,17,19,22H,3-4,10-16H2,1-2H3. The first-order valence-corrected chi connectivity index (χ1v) is 9.78. The molecule has 2 aliphatic rings. The van der Waals surface area contributed by atoms with E-state index in [0.29, 0.717) is 11.9 Å². The van der Waals surface area contributed by atoms with E-state index >= 15 is 0 Å². The van der Waals surface area contributed by atoms with Crippen LogP contribution < -0.4 is 5.32 Å². The smallest absolute Gasteiger partial charge is 0.233 e. The van der Waals surface area contributed by atoms with Crippen molar-refractivity contribution in [1.82, 2.24) is 10.2 Å². The van der Waals surface area contributed by atoms with Gasteiger partial charge in [-0.25, -0.2) is 0 Å². The van der Waals surface area contributed by atoms with Crippen molar-refractivity contribution in [2.75, 3.05) is 19.6 Å². The number of rotatable bonds is 7. The topological polar surface area (TPSA) is 32.3 Å². The molecular weight excluding hydrogens is 296 g/mol. The fraction of sp³-hybridized carbons (Fsp3) is 0.667. The number of hydrogen-bond donors (Lipinski definition) is 1. The minimum absolute atomic E-state index is 0.333. The summed E-state index contributed by atoms with van der Waals surface area (Å²) in [6, 6.07) is 11.0. The number of nitrogens with one attached hydrogen (secondary N) is 1. The highest BCUT2D eigenvalue weighted by atomic mass is 16.2. The lowest BCUT2D eigenvalue weighted by atomic mass is 9.74.